The fourth-order valence-electron chi connectivity index (χ4n) is 3.31. The lowest BCUT2D eigenvalue weighted by Crippen LogP contribution is -2.31. The molecule has 0 fully saturated rings. The second kappa shape index (κ2) is 10.3. The van der Waals surface area contributed by atoms with E-state index in [2.05, 4.69) is 9.89 Å². The first-order valence-corrected chi connectivity index (χ1v) is 9.98. The zero-order valence-electron chi connectivity index (χ0n) is 17.1. The molecule has 3 N–H and O–H groups in total. The molecule has 0 aromatic heterocycles. The first kappa shape index (κ1) is 22.6. The third kappa shape index (κ3) is 5.36. The van der Waals surface area contributed by atoms with Gasteiger partial charge in [-0.25, -0.2) is 13.8 Å². The number of rotatable bonds is 10. The van der Waals surface area contributed by atoms with Crippen molar-refractivity contribution < 1.29 is 28.2 Å². The predicted molar refractivity (Wildman–Crippen MR) is 111 cm³/mol. The number of aliphatic imine (C=N–C) groups is 1. The number of nitrogens with zero attached hydrogens (tertiary/aromatic N) is 2. The molecule has 1 aliphatic heterocycles. The number of hydrogen-bond acceptors (Lipinski definition) is 6. The van der Waals surface area contributed by atoms with Crippen molar-refractivity contribution in [3.05, 3.63) is 65.2 Å². The highest BCUT2D eigenvalue weighted by atomic mass is 19.1. The molecule has 2 aromatic rings. The summed E-state index contributed by atoms with van der Waals surface area (Å²) in [6, 6.07) is 9.09. The maximum Gasteiger partial charge on any atom is 0.246 e. The molecule has 1 heterocycles. The van der Waals surface area contributed by atoms with Gasteiger partial charge in [0.25, 0.3) is 0 Å². The lowest BCUT2D eigenvalue weighted by molar-refractivity contribution is -0.120. The standard InChI is InChI=1S/C22H25F2N3O4/c1-2-27(10-12-28)11-13-30-15-8-6-14(7-9-15)20-19(21(25)29)26-22(31-20)18-16(23)4-3-5-17(18)24/h3-9,19-20,28H,2,10-13H2,1H3,(H2,25,29). The summed E-state index contributed by atoms with van der Waals surface area (Å²) in [6.07, 6.45) is -0.902. The summed E-state index contributed by atoms with van der Waals surface area (Å²) in [5, 5.41) is 9.02. The van der Waals surface area contributed by atoms with E-state index in [1.807, 2.05) is 6.92 Å². The number of carbonyl (C=O) groups is 1. The second-order valence-electron chi connectivity index (χ2n) is 6.99. The molecule has 0 bridgehead atoms. The summed E-state index contributed by atoms with van der Waals surface area (Å²) in [5.74, 6) is -2.13. The summed E-state index contributed by atoms with van der Waals surface area (Å²) in [4.78, 5) is 18.0. The van der Waals surface area contributed by atoms with Gasteiger partial charge in [0.1, 0.15) is 29.6 Å². The molecule has 2 aromatic carbocycles. The van der Waals surface area contributed by atoms with Crippen molar-refractivity contribution in [2.24, 2.45) is 10.7 Å². The molecule has 166 valence electrons. The molecule has 3 rings (SSSR count). The van der Waals surface area contributed by atoms with Crippen molar-refractivity contribution in [1.82, 2.24) is 4.90 Å². The molecular formula is C22H25F2N3O4. The Balaban J connectivity index is 1.70. The van der Waals surface area contributed by atoms with Crippen LogP contribution in [0, 0.1) is 11.6 Å². The van der Waals surface area contributed by atoms with E-state index in [9.17, 15) is 13.6 Å². The van der Waals surface area contributed by atoms with E-state index in [1.54, 1.807) is 24.3 Å². The number of aliphatic hydroxyl groups is 1. The van der Waals surface area contributed by atoms with Gasteiger partial charge in [0, 0.05) is 13.1 Å². The van der Waals surface area contributed by atoms with Gasteiger partial charge in [0.15, 0.2) is 12.1 Å². The fourth-order valence-corrected chi connectivity index (χ4v) is 3.31. The maximum absolute atomic E-state index is 14.1. The van der Waals surface area contributed by atoms with Gasteiger partial charge in [0.05, 0.1) is 6.61 Å². The van der Waals surface area contributed by atoms with Crippen LogP contribution in [0.4, 0.5) is 8.78 Å². The number of likely N-dealkylation sites (N-methyl/N-ethyl adjacent to an activating group) is 1. The summed E-state index contributed by atoms with van der Waals surface area (Å²) >= 11 is 0. The molecule has 1 amide bonds. The van der Waals surface area contributed by atoms with Crippen LogP contribution >= 0.6 is 0 Å². The van der Waals surface area contributed by atoms with Crippen molar-refractivity contribution >= 4 is 11.8 Å². The number of carbonyl (C=O) groups excluding carboxylic acids is 1. The minimum absolute atomic E-state index is 0.0891. The quantitative estimate of drug-likeness (QED) is 0.598. The van der Waals surface area contributed by atoms with Gasteiger partial charge < -0.3 is 20.3 Å². The number of amides is 1. The monoisotopic (exact) mass is 433 g/mol. The van der Waals surface area contributed by atoms with Gasteiger partial charge >= 0.3 is 0 Å². The average Bonchev–Trinajstić information content (AvgIpc) is 3.19. The van der Waals surface area contributed by atoms with Crippen LogP contribution in [0.15, 0.2) is 47.5 Å². The SMILES string of the molecule is CCN(CCO)CCOc1ccc(C2OC(c3c(F)cccc3F)=NC2C(N)=O)cc1. The molecule has 0 spiro atoms. The Morgan fingerprint density at radius 1 is 1.19 bits per heavy atom. The normalized spacial score (nSPS) is 18.0. The number of nitrogens with two attached hydrogens (primary N) is 1. The zero-order chi connectivity index (χ0) is 22.4. The summed E-state index contributed by atoms with van der Waals surface area (Å²) < 4.78 is 39.6. The van der Waals surface area contributed by atoms with E-state index in [1.165, 1.54) is 6.07 Å². The Kier molecular flexibility index (Phi) is 7.54. The van der Waals surface area contributed by atoms with Gasteiger partial charge in [-0.3, -0.25) is 9.69 Å². The molecular weight excluding hydrogens is 408 g/mol. The van der Waals surface area contributed by atoms with E-state index >= 15 is 0 Å². The van der Waals surface area contributed by atoms with Crippen LogP contribution in [0.25, 0.3) is 0 Å². The van der Waals surface area contributed by atoms with Crippen LogP contribution in [0.3, 0.4) is 0 Å². The average molecular weight is 433 g/mol. The smallest absolute Gasteiger partial charge is 0.246 e. The molecule has 2 unspecified atom stereocenters. The van der Waals surface area contributed by atoms with Gasteiger partial charge in [0.2, 0.25) is 11.8 Å². The van der Waals surface area contributed by atoms with Crippen LogP contribution in [-0.4, -0.2) is 60.7 Å². The molecule has 2 atom stereocenters. The van der Waals surface area contributed by atoms with E-state index in [0.29, 0.717) is 31.0 Å². The Labute approximate surface area is 179 Å². The number of benzene rings is 2. The largest absolute Gasteiger partial charge is 0.492 e. The van der Waals surface area contributed by atoms with Crippen molar-refractivity contribution in [3.63, 3.8) is 0 Å². The molecule has 7 nitrogen and oxygen atoms in total. The highest BCUT2D eigenvalue weighted by Gasteiger charge is 2.38. The molecule has 0 saturated carbocycles. The minimum atomic E-state index is -1.11. The zero-order valence-corrected chi connectivity index (χ0v) is 17.1. The van der Waals surface area contributed by atoms with Crippen LogP contribution in [0.5, 0.6) is 5.75 Å². The Morgan fingerprint density at radius 3 is 2.45 bits per heavy atom. The molecule has 31 heavy (non-hydrogen) atoms. The van der Waals surface area contributed by atoms with Crippen molar-refractivity contribution in [2.45, 2.75) is 19.1 Å². The fraction of sp³-hybridized carbons (Fsp3) is 0.364. The van der Waals surface area contributed by atoms with Gasteiger partial charge in [-0.15, -0.1) is 0 Å². The van der Waals surface area contributed by atoms with Crippen LogP contribution in [0.2, 0.25) is 0 Å². The molecule has 0 radical (unpaired) electrons. The second-order valence-corrected chi connectivity index (χ2v) is 6.99. The third-order valence-corrected chi connectivity index (χ3v) is 5.00. The lowest BCUT2D eigenvalue weighted by atomic mass is 10.0. The molecule has 9 heteroatoms. The highest BCUT2D eigenvalue weighted by Crippen LogP contribution is 2.33. The summed E-state index contributed by atoms with van der Waals surface area (Å²) in [7, 11) is 0. The predicted octanol–water partition coefficient (Wildman–Crippen LogP) is 2.03. The number of ether oxygens (including phenoxy) is 2. The van der Waals surface area contributed by atoms with Crippen LogP contribution in [0.1, 0.15) is 24.2 Å². The van der Waals surface area contributed by atoms with Crippen LogP contribution < -0.4 is 10.5 Å². The topological polar surface area (TPSA) is 97.4 Å². The Hall–Kier alpha value is -3.04. The molecule has 0 aliphatic carbocycles. The van der Waals surface area contributed by atoms with Crippen LogP contribution in [-0.2, 0) is 9.53 Å². The highest BCUT2D eigenvalue weighted by molar-refractivity contribution is 5.99. The maximum atomic E-state index is 14.1. The third-order valence-electron chi connectivity index (χ3n) is 5.00. The van der Waals surface area contributed by atoms with Gasteiger partial charge in [-0.2, -0.15) is 0 Å². The summed E-state index contributed by atoms with van der Waals surface area (Å²) in [5.41, 5.74) is 5.58. The van der Waals surface area contributed by atoms with Crippen molar-refractivity contribution in [2.75, 3.05) is 32.8 Å². The van der Waals surface area contributed by atoms with Crippen molar-refractivity contribution in [3.8, 4) is 5.75 Å². The molecule has 1 aliphatic rings. The van der Waals surface area contributed by atoms with Gasteiger partial charge in [-0.05, 0) is 36.4 Å². The first-order chi connectivity index (χ1) is 14.9. The van der Waals surface area contributed by atoms with E-state index in [4.69, 9.17) is 20.3 Å². The van der Waals surface area contributed by atoms with Gasteiger partial charge in [-0.1, -0.05) is 25.1 Å². The molecule has 0 saturated heterocycles. The van der Waals surface area contributed by atoms with E-state index in [-0.39, 0.29) is 12.5 Å². The number of hydrogen-bond donors (Lipinski definition) is 2. The Morgan fingerprint density at radius 2 is 1.87 bits per heavy atom. The Bertz CT molecular complexity index is 917. The number of halogens is 2. The van der Waals surface area contributed by atoms with E-state index in [0.717, 1.165) is 18.7 Å². The minimum Gasteiger partial charge on any atom is -0.492 e. The number of aliphatic hydroxyl groups excluding tert-OH is 1. The van der Waals surface area contributed by atoms with E-state index < -0.39 is 35.3 Å². The first-order valence-electron chi connectivity index (χ1n) is 9.98. The number of primary amides is 1. The lowest BCUT2D eigenvalue weighted by Gasteiger charge is -2.19. The van der Waals surface area contributed by atoms with Crippen molar-refractivity contribution in [1.29, 1.82) is 0 Å². The summed E-state index contributed by atoms with van der Waals surface area (Å²) in [6.45, 7) is 4.59.